The monoisotopic (exact) mass is 406 g/mol. The third kappa shape index (κ3) is 2.42. The van der Waals surface area contributed by atoms with Gasteiger partial charge in [-0.1, -0.05) is 12.1 Å². The van der Waals surface area contributed by atoms with E-state index in [1.807, 2.05) is 54.9 Å². The van der Waals surface area contributed by atoms with Gasteiger partial charge >= 0.3 is 11.3 Å². The Morgan fingerprint density at radius 1 is 0.750 bits per heavy atom. The van der Waals surface area contributed by atoms with Gasteiger partial charge < -0.3 is 8.83 Å². The molecule has 0 aliphatic rings. The Morgan fingerprint density at radius 3 is 1.96 bits per heavy atom. The van der Waals surface area contributed by atoms with Crippen LogP contribution in [-0.2, 0) is 0 Å². The van der Waals surface area contributed by atoms with E-state index in [1.54, 1.807) is 6.07 Å². The first-order valence-corrected chi connectivity index (χ1v) is 10.4. The number of hydrogen-bond donors (Lipinski definition) is 0. The number of aryl methyl sites for hydroxylation is 2. The Labute approximate surface area is 167 Å². The number of benzene rings is 1. The van der Waals surface area contributed by atoms with Crippen molar-refractivity contribution in [2.45, 2.75) is 13.8 Å². The van der Waals surface area contributed by atoms with E-state index in [0.29, 0.717) is 27.7 Å². The maximum absolute atomic E-state index is 12.8. The average Bonchev–Trinajstić information content (AvgIpc) is 3.35. The van der Waals surface area contributed by atoms with Crippen LogP contribution in [0.15, 0.2) is 65.6 Å². The molecular formula is C22H14O4S2. The van der Waals surface area contributed by atoms with E-state index in [-0.39, 0.29) is 11.3 Å². The second-order valence-electron chi connectivity index (χ2n) is 6.55. The summed E-state index contributed by atoms with van der Waals surface area (Å²) in [7, 11) is 0. The largest absolute Gasteiger partial charge is 0.422 e. The van der Waals surface area contributed by atoms with E-state index in [4.69, 9.17) is 8.83 Å². The first kappa shape index (κ1) is 17.2. The molecule has 0 atom stereocenters. The van der Waals surface area contributed by atoms with Crippen LogP contribution >= 0.6 is 22.7 Å². The molecule has 0 radical (unpaired) electrons. The molecule has 138 valence electrons. The lowest BCUT2D eigenvalue weighted by Gasteiger charge is -2.11. The van der Waals surface area contributed by atoms with Gasteiger partial charge in [0.05, 0.1) is 16.5 Å². The summed E-state index contributed by atoms with van der Waals surface area (Å²) in [5, 5.41) is 5.35. The summed E-state index contributed by atoms with van der Waals surface area (Å²) in [5.41, 5.74) is 2.81. The molecule has 0 fully saturated rings. The third-order valence-corrected chi connectivity index (χ3v) is 6.76. The molecule has 0 amide bonds. The molecule has 0 spiro atoms. The highest BCUT2D eigenvalue weighted by molar-refractivity contribution is 7.13. The molecule has 0 unspecified atom stereocenters. The molecular weight excluding hydrogens is 392 g/mol. The highest BCUT2D eigenvalue weighted by Crippen LogP contribution is 2.36. The molecule has 1 aromatic carbocycles. The maximum Gasteiger partial charge on any atom is 0.345 e. The second kappa shape index (κ2) is 6.29. The van der Waals surface area contributed by atoms with Gasteiger partial charge in [0, 0.05) is 15.1 Å². The molecule has 6 heteroatoms. The van der Waals surface area contributed by atoms with Crippen LogP contribution in [0.1, 0.15) is 11.1 Å². The summed E-state index contributed by atoms with van der Waals surface area (Å²) in [6, 6.07) is 11.2. The zero-order valence-corrected chi connectivity index (χ0v) is 16.7. The van der Waals surface area contributed by atoms with E-state index in [9.17, 15) is 9.59 Å². The van der Waals surface area contributed by atoms with Gasteiger partial charge in [0.15, 0.2) is 0 Å². The Morgan fingerprint density at radius 2 is 1.36 bits per heavy atom. The van der Waals surface area contributed by atoms with E-state index in [0.717, 1.165) is 26.3 Å². The van der Waals surface area contributed by atoms with Crippen molar-refractivity contribution in [3.05, 3.63) is 79.1 Å². The SMILES string of the molecule is Cc1c(-c2cccs2)c(=O)oc2c1ccc1oc(=O)c(-c3cccs3)c(C)c12. The van der Waals surface area contributed by atoms with Gasteiger partial charge in [-0.15, -0.1) is 22.7 Å². The highest BCUT2D eigenvalue weighted by atomic mass is 32.1. The topological polar surface area (TPSA) is 60.4 Å². The summed E-state index contributed by atoms with van der Waals surface area (Å²) in [6.07, 6.45) is 0. The Kier molecular flexibility index (Phi) is 3.86. The van der Waals surface area contributed by atoms with Crippen LogP contribution in [0.2, 0.25) is 0 Å². The standard InChI is InChI=1S/C22H14O4S2/c1-11-13-7-8-14-17(12(2)19(21(23)25-14)16-6-4-10-28-16)20(13)26-22(24)18(11)15-5-3-9-27-15/h3-10H,1-2H3. The van der Waals surface area contributed by atoms with Crippen molar-refractivity contribution >= 4 is 44.6 Å². The Hall–Kier alpha value is -2.96. The van der Waals surface area contributed by atoms with E-state index in [2.05, 4.69) is 0 Å². The summed E-state index contributed by atoms with van der Waals surface area (Å²) < 4.78 is 11.4. The minimum Gasteiger partial charge on any atom is -0.422 e. The van der Waals surface area contributed by atoms with Gasteiger partial charge in [-0.3, -0.25) is 0 Å². The first-order valence-electron chi connectivity index (χ1n) is 8.68. The molecule has 0 aliphatic carbocycles. The van der Waals surface area contributed by atoms with Crippen LogP contribution in [0.5, 0.6) is 0 Å². The second-order valence-corrected chi connectivity index (χ2v) is 8.44. The third-order valence-electron chi connectivity index (χ3n) is 4.99. The highest BCUT2D eigenvalue weighted by Gasteiger charge is 2.20. The van der Waals surface area contributed by atoms with Crippen molar-refractivity contribution in [3.8, 4) is 20.9 Å². The molecule has 5 rings (SSSR count). The Balaban J connectivity index is 1.94. The zero-order valence-electron chi connectivity index (χ0n) is 15.1. The predicted molar refractivity (Wildman–Crippen MR) is 115 cm³/mol. The van der Waals surface area contributed by atoms with Gasteiger partial charge in [-0.05, 0) is 60.0 Å². The predicted octanol–water partition coefficient (Wildman–Crippen LogP) is 5.97. The molecule has 0 saturated carbocycles. The maximum atomic E-state index is 12.8. The van der Waals surface area contributed by atoms with Crippen LogP contribution in [0.4, 0.5) is 0 Å². The van der Waals surface area contributed by atoms with E-state index in [1.165, 1.54) is 22.7 Å². The van der Waals surface area contributed by atoms with Gasteiger partial charge in [-0.2, -0.15) is 0 Å². The summed E-state index contributed by atoms with van der Waals surface area (Å²) in [4.78, 5) is 27.1. The first-order chi connectivity index (χ1) is 13.6. The van der Waals surface area contributed by atoms with Gasteiger partial charge in [0.1, 0.15) is 11.2 Å². The zero-order chi connectivity index (χ0) is 19.4. The fourth-order valence-electron chi connectivity index (χ4n) is 3.68. The van der Waals surface area contributed by atoms with E-state index < -0.39 is 0 Å². The van der Waals surface area contributed by atoms with Crippen LogP contribution in [-0.4, -0.2) is 0 Å². The molecule has 0 bridgehead atoms. The minimum atomic E-state index is -0.388. The number of thiophene rings is 2. The van der Waals surface area contributed by atoms with Crippen LogP contribution in [0, 0.1) is 13.8 Å². The lowest BCUT2D eigenvalue weighted by atomic mass is 9.99. The van der Waals surface area contributed by atoms with Crippen molar-refractivity contribution in [2.75, 3.05) is 0 Å². The van der Waals surface area contributed by atoms with Crippen molar-refractivity contribution in [1.29, 1.82) is 0 Å². The lowest BCUT2D eigenvalue weighted by Crippen LogP contribution is -2.08. The Bertz CT molecular complexity index is 1450. The smallest absolute Gasteiger partial charge is 0.345 e. The van der Waals surface area contributed by atoms with Crippen molar-refractivity contribution in [2.24, 2.45) is 0 Å². The molecule has 5 aromatic rings. The summed E-state index contributed by atoms with van der Waals surface area (Å²) >= 11 is 2.98. The average molecular weight is 406 g/mol. The quantitative estimate of drug-likeness (QED) is 0.267. The fraction of sp³-hybridized carbons (Fsp3) is 0.0909. The van der Waals surface area contributed by atoms with Gasteiger partial charge in [0.2, 0.25) is 0 Å². The normalized spacial score (nSPS) is 11.5. The fourth-order valence-corrected chi connectivity index (χ4v) is 5.31. The van der Waals surface area contributed by atoms with Gasteiger partial charge in [-0.25, -0.2) is 9.59 Å². The molecule has 0 N–H and O–H groups in total. The molecule has 4 aromatic heterocycles. The molecule has 0 aliphatic heterocycles. The number of fused-ring (bicyclic) bond motifs is 3. The van der Waals surface area contributed by atoms with Crippen LogP contribution in [0.25, 0.3) is 42.8 Å². The minimum absolute atomic E-state index is 0.386. The van der Waals surface area contributed by atoms with Crippen LogP contribution < -0.4 is 11.3 Å². The van der Waals surface area contributed by atoms with Crippen molar-refractivity contribution in [1.82, 2.24) is 0 Å². The van der Waals surface area contributed by atoms with Crippen LogP contribution in [0.3, 0.4) is 0 Å². The lowest BCUT2D eigenvalue weighted by molar-refractivity contribution is 0.553. The molecule has 4 nitrogen and oxygen atoms in total. The van der Waals surface area contributed by atoms with E-state index >= 15 is 0 Å². The summed E-state index contributed by atoms with van der Waals surface area (Å²) in [5.74, 6) is 0. The van der Waals surface area contributed by atoms with Gasteiger partial charge in [0.25, 0.3) is 0 Å². The molecule has 4 heterocycles. The van der Waals surface area contributed by atoms with Crippen molar-refractivity contribution < 1.29 is 8.83 Å². The number of rotatable bonds is 2. The number of hydrogen-bond acceptors (Lipinski definition) is 6. The van der Waals surface area contributed by atoms with Crippen molar-refractivity contribution in [3.63, 3.8) is 0 Å². The summed E-state index contributed by atoms with van der Waals surface area (Å²) in [6.45, 7) is 3.80. The molecule has 28 heavy (non-hydrogen) atoms. The molecule has 0 saturated heterocycles.